The number of aromatic nitrogens is 3. The van der Waals surface area contributed by atoms with Gasteiger partial charge in [0.2, 0.25) is 0 Å². The number of aryl methyl sites for hydroxylation is 1. The highest BCUT2D eigenvalue weighted by molar-refractivity contribution is 5.98. The van der Waals surface area contributed by atoms with Crippen LogP contribution in [0.15, 0.2) is 54.7 Å². The molecule has 2 aromatic carbocycles. The van der Waals surface area contributed by atoms with E-state index in [1.54, 1.807) is 13.0 Å². The molecular weight excluding hydrogens is 526 g/mol. The number of carboxylic acid groups (broad SMARTS) is 1. The van der Waals surface area contributed by atoms with Crippen LogP contribution in [0, 0.1) is 12.7 Å². The number of carbonyl (C=O) groups excluding carboxylic acids is 2. The van der Waals surface area contributed by atoms with Gasteiger partial charge in [0.15, 0.2) is 11.5 Å². The summed E-state index contributed by atoms with van der Waals surface area (Å²) >= 11 is 0. The van der Waals surface area contributed by atoms with E-state index in [4.69, 9.17) is 5.11 Å². The minimum Gasteiger partial charge on any atom is -0.478 e. The fourth-order valence-electron chi connectivity index (χ4n) is 3.69. The van der Waals surface area contributed by atoms with E-state index >= 15 is 0 Å². The van der Waals surface area contributed by atoms with E-state index in [9.17, 15) is 31.9 Å². The van der Waals surface area contributed by atoms with Crippen LogP contribution in [0.25, 0.3) is 5.65 Å². The van der Waals surface area contributed by atoms with Gasteiger partial charge in [-0.1, -0.05) is 24.3 Å². The molecule has 3 N–H and O–H groups in total. The number of amides is 2. The highest BCUT2D eigenvalue weighted by Crippen LogP contribution is 2.23. The van der Waals surface area contributed by atoms with Gasteiger partial charge >= 0.3 is 12.3 Å². The number of rotatable bonds is 8. The molecule has 0 aliphatic carbocycles. The fourth-order valence-corrected chi connectivity index (χ4v) is 3.69. The lowest BCUT2D eigenvalue weighted by Crippen LogP contribution is -2.28. The third kappa shape index (κ3) is 6.47. The maximum atomic E-state index is 14.3. The average Bonchev–Trinajstić information content (AvgIpc) is 3.24. The van der Waals surface area contributed by atoms with Gasteiger partial charge in [-0.25, -0.2) is 18.7 Å². The first-order valence-corrected chi connectivity index (χ1v) is 11.2. The second-order valence-corrected chi connectivity index (χ2v) is 8.27. The Morgan fingerprint density at radius 2 is 1.69 bits per heavy atom. The summed E-state index contributed by atoms with van der Waals surface area (Å²) in [5.74, 6) is -4.00. The first-order chi connectivity index (χ1) is 18.4. The van der Waals surface area contributed by atoms with Crippen molar-refractivity contribution in [3.8, 4) is 5.75 Å². The van der Waals surface area contributed by atoms with Crippen molar-refractivity contribution in [2.45, 2.75) is 26.4 Å². The quantitative estimate of drug-likeness (QED) is 0.288. The zero-order valence-electron chi connectivity index (χ0n) is 20.0. The number of nitrogens with zero attached hydrogens (tertiary/aromatic N) is 3. The van der Waals surface area contributed by atoms with Gasteiger partial charge in [-0.2, -0.15) is 5.10 Å². The zero-order chi connectivity index (χ0) is 28.3. The van der Waals surface area contributed by atoms with Crippen molar-refractivity contribution < 1.29 is 41.8 Å². The van der Waals surface area contributed by atoms with Gasteiger partial charge in [-0.3, -0.25) is 9.59 Å². The Hall–Kier alpha value is -5.01. The van der Waals surface area contributed by atoms with E-state index in [2.05, 4.69) is 25.5 Å². The van der Waals surface area contributed by atoms with Crippen LogP contribution in [0.2, 0.25) is 0 Å². The summed E-state index contributed by atoms with van der Waals surface area (Å²) < 4.78 is 56.5. The topological polar surface area (TPSA) is 135 Å². The lowest BCUT2D eigenvalue weighted by molar-refractivity contribution is -0.274. The van der Waals surface area contributed by atoms with Crippen LogP contribution in [0.5, 0.6) is 5.75 Å². The number of carbonyl (C=O) groups is 3. The van der Waals surface area contributed by atoms with E-state index in [1.807, 2.05) is 0 Å². The molecule has 4 rings (SSSR count). The van der Waals surface area contributed by atoms with Gasteiger partial charge in [0.25, 0.3) is 11.8 Å². The number of benzene rings is 2. The molecule has 4 aromatic rings. The molecule has 0 unspecified atom stereocenters. The highest BCUT2D eigenvalue weighted by atomic mass is 19.4. The largest absolute Gasteiger partial charge is 0.573 e. The van der Waals surface area contributed by atoms with Crippen molar-refractivity contribution in [1.82, 2.24) is 25.2 Å². The van der Waals surface area contributed by atoms with Gasteiger partial charge in [0.1, 0.15) is 17.1 Å². The van der Waals surface area contributed by atoms with Gasteiger partial charge < -0.3 is 20.5 Å². The summed E-state index contributed by atoms with van der Waals surface area (Å²) in [7, 11) is 0. The molecular formula is C25H19F4N5O5. The molecule has 14 heteroatoms. The Balaban J connectivity index is 1.51. The Bertz CT molecular complexity index is 1590. The summed E-state index contributed by atoms with van der Waals surface area (Å²) in [6.07, 6.45) is -4.06. The molecule has 0 aliphatic heterocycles. The number of carboxylic acids is 1. The summed E-state index contributed by atoms with van der Waals surface area (Å²) in [6.45, 7) is 1.39. The normalized spacial score (nSPS) is 11.3. The third-order valence-corrected chi connectivity index (χ3v) is 5.45. The van der Waals surface area contributed by atoms with Crippen molar-refractivity contribution in [1.29, 1.82) is 0 Å². The summed E-state index contributed by atoms with van der Waals surface area (Å²) in [6, 6.07) is 10.6. The molecule has 0 radical (unpaired) electrons. The summed E-state index contributed by atoms with van der Waals surface area (Å²) in [4.78, 5) is 40.8. The van der Waals surface area contributed by atoms with Crippen molar-refractivity contribution in [3.05, 3.63) is 94.2 Å². The Morgan fingerprint density at radius 3 is 2.36 bits per heavy atom. The predicted octanol–water partition coefficient (Wildman–Crippen LogP) is 3.63. The van der Waals surface area contributed by atoms with Gasteiger partial charge in [-0.05, 0) is 41.8 Å². The first kappa shape index (κ1) is 27.0. The van der Waals surface area contributed by atoms with Crippen molar-refractivity contribution in [3.63, 3.8) is 0 Å². The molecule has 10 nitrogen and oxygen atoms in total. The third-order valence-electron chi connectivity index (χ3n) is 5.45. The van der Waals surface area contributed by atoms with Crippen LogP contribution < -0.4 is 15.4 Å². The van der Waals surface area contributed by atoms with Crippen LogP contribution in [0.3, 0.4) is 0 Å². The van der Waals surface area contributed by atoms with Gasteiger partial charge in [-0.15, -0.1) is 13.2 Å². The molecule has 2 aromatic heterocycles. The molecule has 202 valence electrons. The number of halogens is 4. The Kier molecular flexibility index (Phi) is 7.47. The van der Waals surface area contributed by atoms with E-state index in [-0.39, 0.29) is 35.6 Å². The number of ether oxygens (including phenoxy) is 1. The average molecular weight is 545 g/mol. The Morgan fingerprint density at radius 1 is 1.00 bits per heavy atom. The molecule has 0 saturated carbocycles. The van der Waals surface area contributed by atoms with Crippen molar-refractivity contribution in [2.24, 2.45) is 0 Å². The number of hydrogen-bond acceptors (Lipinski definition) is 6. The molecule has 2 heterocycles. The zero-order valence-corrected chi connectivity index (χ0v) is 20.0. The fraction of sp³-hybridized carbons (Fsp3) is 0.160. The summed E-state index contributed by atoms with van der Waals surface area (Å²) in [5, 5.41) is 18.0. The van der Waals surface area contributed by atoms with Gasteiger partial charge in [0.05, 0.1) is 11.8 Å². The molecule has 2 amide bonds. The number of hydrogen-bond donors (Lipinski definition) is 3. The van der Waals surface area contributed by atoms with E-state index in [0.717, 1.165) is 28.9 Å². The molecule has 0 aliphatic rings. The molecule has 0 spiro atoms. The van der Waals surface area contributed by atoms with Crippen LogP contribution in [-0.2, 0) is 13.1 Å². The second-order valence-electron chi connectivity index (χ2n) is 8.27. The van der Waals surface area contributed by atoms with Crippen LogP contribution in [-0.4, -0.2) is 43.9 Å². The molecule has 0 bridgehead atoms. The van der Waals surface area contributed by atoms with Crippen LogP contribution in [0.1, 0.15) is 48.0 Å². The van der Waals surface area contributed by atoms with Crippen molar-refractivity contribution >= 4 is 23.4 Å². The first-order valence-electron chi connectivity index (χ1n) is 11.2. The van der Waals surface area contributed by atoms with Crippen LogP contribution >= 0.6 is 0 Å². The SMILES string of the molecule is Cc1cc(CNC(=O)c2cc(C(=O)NCc3cccc(OC(F)(F)F)c3)nc3c(F)cnn23)ccc1C(=O)O. The number of fused-ring (bicyclic) bond motifs is 1. The number of aromatic carboxylic acids is 1. The van der Waals surface area contributed by atoms with Gasteiger partial charge in [0, 0.05) is 19.2 Å². The molecule has 0 saturated heterocycles. The molecule has 0 fully saturated rings. The van der Waals surface area contributed by atoms with E-state index in [1.165, 1.54) is 24.3 Å². The summed E-state index contributed by atoms with van der Waals surface area (Å²) in [5.41, 5.74) is 0.536. The van der Waals surface area contributed by atoms with Crippen molar-refractivity contribution in [2.75, 3.05) is 0 Å². The minimum absolute atomic E-state index is 0.00892. The molecule has 39 heavy (non-hydrogen) atoms. The maximum Gasteiger partial charge on any atom is 0.573 e. The number of nitrogens with one attached hydrogen (secondary N) is 2. The monoisotopic (exact) mass is 545 g/mol. The standard InChI is InChI=1S/C25H19F4N5O5/c1-13-7-15(5-6-17(13)24(37)38)11-31-23(36)20-9-19(33-21-18(26)12-32-34(20)21)22(35)30-10-14-3-2-4-16(8-14)39-25(27,28)29/h2-9,12H,10-11H2,1H3,(H,30,35)(H,31,36)(H,37,38). The van der Waals surface area contributed by atoms with E-state index < -0.39 is 41.4 Å². The second kappa shape index (κ2) is 10.8. The maximum absolute atomic E-state index is 14.3. The minimum atomic E-state index is -4.88. The smallest absolute Gasteiger partial charge is 0.478 e. The Labute approximate surface area is 217 Å². The number of alkyl halides is 3. The lowest BCUT2D eigenvalue weighted by Gasteiger charge is -2.11. The van der Waals surface area contributed by atoms with E-state index in [0.29, 0.717) is 11.1 Å². The van der Waals surface area contributed by atoms with Crippen LogP contribution in [0.4, 0.5) is 17.6 Å². The predicted molar refractivity (Wildman–Crippen MR) is 127 cm³/mol. The lowest BCUT2D eigenvalue weighted by atomic mass is 10.1. The molecule has 0 atom stereocenters. The highest BCUT2D eigenvalue weighted by Gasteiger charge is 2.31.